The van der Waals surface area contributed by atoms with Gasteiger partial charge in [0.2, 0.25) is 0 Å². The van der Waals surface area contributed by atoms with Crippen LogP contribution in [-0.2, 0) is 9.53 Å². The third-order valence-corrected chi connectivity index (χ3v) is 2.90. The molecule has 1 amide bonds. The number of ether oxygens (including phenoxy) is 1. The Labute approximate surface area is 124 Å². The van der Waals surface area contributed by atoms with Gasteiger partial charge in [0.1, 0.15) is 11.6 Å². The number of carboxylic acid groups (broad SMARTS) is 1. The average Bonchev–Trinajstić information content (AvgIpc) is 2.33. The van der Waals surface area contributed by atoms with Gasteiger partial charge in [0, 0.05) is 11.6 Å². The van der Waals surface area contributed by atoms with E-state index >= 15 is 0 Å². The fraction of sp³-hybridized carbons (Fsp3) is 0.467. The highest BCUT2D eigenvalue weighted by Gasteiger charge is 2.29. The van der Waals surface area contributed by atoms with Crippen LogP contribution in [0, 0.1) is 0 Å². The maximum Gasteiger partial charge on any atom is 0.408 e. The predicted octanol–water partition coefficient (Wildman–Crippen LogP) is 2.35. The molecule has 0 aliphatic rings. The molecule has 0 fully saturated rings. The number of carbonyl (C=O) groups is 2. The molecule has 0 aromatic heterocycles. The molecule has 116 valence electrons. The lowest BCUT2D eigenvalue weighted by Crippen LogP contribution is -2.46. The number of nitrogen functional groups attached to an aromatic ring is 1. The molecule has 0 saturated heterocycles. The second-order valence-corrected chi connectivity index (χ2v) is 5.92. The van der Waals surface area contributed by atoms with Crippen molar-refractivity contribution in [2.75, 3.05) is 5.73 Å². The molecule has 21 heavy (non-hydrogen) atoms. The Kier molecular flexibility index (Phi) is 5.18. The molecule has 1 aromatic carbocycles. The number of anilines is 1. The third-order valence-electron chi connectivity index (χ3n) is 2.90. The first kappa shape index (κ1) is 16.8. The van der Waals surface area contributed by atoms with Crippen molar-refractivity contribution in [1.82, 2.24) is 5.32 Å². The number of nitrogens with one attached hydrogen (secondary N) is 1. The number of rotatable bonds is 4. The average molecular weight is 294 g/mol. The molecule has 6 heteroatoms. The maximum atomic E-state index is 11.7. The molecule has 6 nitrogen and oxygen atoms in total. The van der Waals surface area contributed by atoms with Gasteiger partial charge in [-0.15, -0.1) is 0 Å². The molecule has 2 atom stereocenters. The van der Waals surface area contributed by atoms with Gasteiger partial charge >= 0.3 is 12.1 Å². The molecule has 0 saturated carbocycles. The van der Waals surface area contributed by atoms with E-state index in [0.29, 0.717) is 5.69 Å². The Balaban J connectivity index is 2.84. The van der Waals surface area contributed by atoms with E-state index in [9.17, 15) is 14.7 Å². The van der Waals surface area contributed by atoms with Gasteiger partial charge in [-0.1, -0.05) is 19.1 Å². The molecular weight excluding hydrogens is 272 g/mol. The molecule has 0 aliphatic carbocycles. The summed E-state index contributed by atoms with van der Waals surface area (Å²) in [6, 6.07) is 5.79. The van der Waals surface area contributed by atoms with Crippen molar-refractivity contribution in [3.63, 3.8) is 0 Å². The molecular formula is C15H22N2O4. The van der Waals surface area contributed by atoms with Gasteiger partial charge in [0.15, 0.2) is 0 Å². The van der Waals surface area contributed by atoms with E-state index < -0.39 is 29.6 Å². The van der Waals surface area contributed by atoms with E-state index in [4.69, 9.17) is 10.5 Å². The maximum absolute atomic E-state index is 11.7. The molecule has 0 heterocycles. The minimum absolute atomic E-state index is 0.421. The fourth-order valence-corrected chi connectivity index (χ4v) is 1.83. The summed E-state index contributed by atoms with van der Waals surface area (Å²) < 4.78 is 5.09. The zero-order chi connectivity index (χ0) is 16.2. The molecule has 1 aromatic rings. The van der Waals surface area contributed by atoms with Crippen molar-refractivity contribution in [2.24, 2.45) is 0 Å². The van der Waals surface area contributed by atoms with Crippen molar-refractivity contribution >= 4 is 17.7 Å². The summed E-state index contributed by atoms with van der Waals surface area (Å²) in [5.74, 6) is -1.54. The van der Waals surface area contributed by atoms with E-state index in [1.54, 1.807) is 52.0 Å². The van der Waals surface area contributed by atoms with Crippen molar-refractivity contribution in [2.45, 2.75) is 45.3 Å². The van der Waals surface area contributed by atoms with Crippen LogP contribution in [0.15, 0.2) is 24.3 Å². The smallest absolute Gasteiger partial charge is 0.408 e. The molecule has 0 bridgehead atoms. The van der Waals surface area contributed by atoms with Crippen molar-refractivity contribution in [1.29, 1.82) is 0 Å². The fourth-order valence-electron chi connectivity index (χ4n) is 1.83. The number of amides is 1. The zero-order valence-corrected chi connectivity index (χ0v) is 12.7. The Bertz CT molecular complexity index is 505. The van der Waals surface area contributed by atoms with Gasteiger partial charge in [0.05, 0.1) is 0 Å². The van der Waals surface area contributed by atoms with Crippen LogP contribution in [0.4, 0.5) is 10.5 Å². The van der Waals surface area contributed by atoms with Gasteiger partial charge in [-0.2, -0.15) is 0 Å². The van der Waals surface area contributed by atoms with Gasteiger partial charge < -0.3 is 20.9 Å². The number of hydrogen-bond acceptors (Lipinski definition) is 4. The lowest BCUT2D eigenvalue weighted by Gasteiger charge is -2.25. The minimum Gasteiger partial charge on any atom is -0.480 e. The number of carboxylic acids is 1. The number of alkyl carbamates (subject to hydrolysis) is 1. The topological polar surface area (TPSA) is 102 Å². The third kappa shape index (κ3) is 5.33. The minimum atomic E-state index is -1.12. The number of hydrogen-bond donors (Lipinski definition) is 3. The monoisotopic (exact) mass is 294 g/mol. The van der Waals surface area contributed by atoms with Gasteiger partial charge in [-0.05, 0) is 38.5 Å². The number of aliphatic carboxylic acids is 1. The Morgan fingerprint density at radius 1 is 1.24 bits per heavy atom. The van der Waals surface area contributed by atoms with Crippen LogP contribution in [0.5, 0.6) is 0 Å². The second kappa shape index (κ2) is 6.47. The lowest BCUT2D eigenvalue weighted by molar-refractivity contribution is -0.140. The Morgan fingerprint density at radius 3 is 2.19 bits per heavy atom. The summed E-state index contributed by atoms with van der Waals surface area (Å²) in [7, 11) is 0. The molecule has 0 spiro atoms. The van der Waals surface area contributed by atoms with Crippen LogP contribution < -0.4 is 11.1 Å². The molecule has 0 unspecified atom stereocenters. The number of nitrogens with two attached hydrogens (primary N) is 1. The predicted molar refractivity (Wildman–Crippen MR) is 80.1 cm³/mol. The van der Waals surface area contributed by atoms with E-state index in [2.05, 4.69) is 5.32 Å². The molecule has 0 radical (unpaired) electrons. The zero-order valence-electron chi connectivity index (χ0n) is 12.7. The standard InChI is InChI=1S/C15H22N2O4/c1-9(10-5-7-11(16)8-6-10)12(13(18)19)17-14(20)21-15(2,3)4/h5-9,12H,16H2,1-4H3,(H,17,20)(H,18,19)/t9-,12+/m1/s1. The Morgan fingerprint density at radius 2 is 1.76 bits per heavy atom. The van der Waals surface area contributed by atoms with Crippen LogP contribution in [-0.4, -0.2) is 28.8 Å². The summed E-state index contributed by atoms with van der Waals surface area (Å²) in [6.45, 7) is 6.87. The highest BCUT2D eigenvalue weighted by atomic mass is 16.6. The van der Waals surface area contributed by atoms with Crippen molar-refractivity contribution < 1.29 is 19.4 Å². The van der Waals surface area contributed by atoms with Crippen LogP contribution in [0.2, 0.25) is 0 Å². The summed E-state index contributed by atoms with van der Waals surface area (Å²) in [5, 5.41) is 11.7. The number of benzene rings is 1. The highest BCUT2D eigenvalue weighted by molar-refractivity contribution is 5.81. The van der Waals surface area contributed by atoms with Crippen LogP contribution in [0.25, 0.3) is 0 Å². The second-order valence-electron chi connectivity index (χ2n) is 5.92. The van der Waals surface area contributed by atoms with Crippen LogP contribution >= 0.6 is 0 Å². The van der Waals surface area contributed by atoms with Crippen molar-refractivity contribution in [3.8, 4) is 0 Å². The first-order chi connectivity index (χ1) is 9.60. The van der Waals surface area contributed by atoms with E-state index in [-0.39, 0.29) is 0 Å². The van der Waals surface area contributed by atoms with Crippen LogP contribution in [0.1, 0.15) is 39.2 Å². The molecule has 4 N–H and O–H groups in total. The first-order valence-corrected chi connectivity index (χ1v) is 6.68. The Hall–Kier alpha value is -2.24. The largest absolute Gasteiger partial charge is 0.480 e. The first-order valence-electron chi connectivity index (χ1n) is 6.68. The van der Waals surface area contributed by atoms with E-state index in [0.717, 1.165) is 5.56 Å². The van der Waals surface area contributed by atoms with E-state index in [1.807, 2.05) is 0 Å². The number of carbonyl (C=O) groups excluding carboxylic acids is 1. The highest BCUT2D eigenvalue weighted by Crippen LogP contribution is 2.21. The SMILES string of the molecule is C[C@H](c1ccc(N)cc1)[C@H](NC(=O)OC(C)(C)C)C(=O)O. The van der Waals surface area contributed by atoms with Gasteiger partial charge in [-0.3, -0.25) is 0 Å². The van der Waals surface area contributed by atoms with Crippen molar-refractivity contribution in [3.05, 3.63) is 29.8 Å². The quantitative estimate of drug-likeness (QED) is 0.740. The summed E-state index contributed by atoms with van der Waals surface area (Å²) in [6.07, 6.45) is -0.753. The normalized spacial score (nSPS) is 14.1. The van der Waals surface area contributed by atoms with Crippen LogP contribution in [0.3, 0.4) is 0 Å². The molecule has 0 aliphatic heterocycles. The lowest BCUT2D eigenvalue weighted by atomic mass is 9.93. The molecule has 1 rings (SSSR count). The summed E-state index contributed by atoms with van der Waals surface area (Å²) >= 11 is 0. The summed E-state index contributed by atoms with van der Waals surface area (Å²) in [5.41, 5.74) is 6.29. The van der Waals surface area contributed by atoms with Gasteiger partial charge in [0.25, 0.3) is 0 Å². The summed E-state index contributed by atoms with van der Waals surface area (Å²) in [4.78, 5) is 23.1. The van der Waals surface area contributed by atoms with Gasteiger partial charge in [-0.25, -0.2) is 9.59 Å². The van der Waals surface area contributed by atoms with E-state index in [1.165, 1.54) is 0 Å².